The number of rotatable bonds is 2. The van der Waals surface area contributed by atoms with E-state index in [0.29, 0.717) is 11.5 Å². The first kappa shape index (κ1) is 13.4. The van der Waals surface area contributed by atoms with Gasteiger partial charge in [0.05, 0.1) is 17.4 Å². The molecule has 0 spiro atoms. The molecule has 9 nitrogen and oxygen atoms in total. The van der Waals surface area contributed by atoms with E-state index in [1.807, 2.05) is 0 Å². The highest BCUT2D eigenvalue weighted by Crippen LogP contribution is 2.22. The van der Waals surface area contributed by atoms with E-state index in [4.69, 9.17) is 5.11 Å². The Balaban J connectivity index is 2.00. The van der Waals surface area contributed by atoms with Crippen molar-refractivity contribution in [2.45, 2.75) is 25.5 Å². The van der Waals surface area contributed by atoms with E-state index in [0.717, 1.165) is 4.90 Å². The Kier molecular flexibility index (Phi) is 3.05. The number of aromatic nitrogens is 4. The van der Waals surface area contributed by atoms with Crippen molar-refractivity contribution in [1.29, 1.82) is 0 Å². The third-order valence-corrected chi connectivity index (χ3v) is 3.60. The van der Waals surface area contributed by atoms with E-state index in [-0.39, 0.29) is 18.5 Å². The molecule has 2 aromatic heterocycles. The molecule has 3 rings (SSSR count). The molecule has 9 heteroatoms. The van der Waals surface area contributed by atoms with Gasteiger partial charge in [-0.1, -0.05) is 0 Å². The van der Waals surface area contributed by atoms with Crippen LogP contribution in [-0.2, 0) is 4.79 Å². The molecule has 3 heterocycles. The zero-order valence-corrected chi connectivity index (χ0v) is 11.2. The Bertz CT molecular complexity index is 728. The summed E-state index contributed by atoms with van der Waals surface area (Å²) in [6, 6.07) is -1.03. The molecule has 1 fully saturated rings. The summed E-state index contributed by atoms with van der Waals surface area (Å²) in [7, 11) is 0. The minimum Gasteiger partial charge on any atom is -0.480 e. The van der Waals surface area contributed by atoms with Crippen molar-refractivity contribution in [3.05, 3.63) is 23.8 Å². The number of hydrogen-bond donors (Lipinski definition) is 2. The second-order valence-electron chi connectivity index (χ2n) is 4.93. The molecule has 2 aromatic rings. The highest BCUT2D eigenvalue weighted by molar-refractivity contribution is 5.97. The van der Waals surface area contributed by atoms with Crippen LogP contribution in [0, 0.1) is 6.92 Å². The van der Waals surface area contributed by atoms with Gasteiger partial charge in [-0.3, -0.25) is 4.79 Å². The van der Waals surface area contributed by atoms with Gasteiger partial charge in [0.15, 0.2) is 0 Å². The minimum atomic E-state index is -1.13. The molecule has 0 aromatic carbocycles. The lowest BCUT2D eigenvalue weighted by Gasteiger charge is -2.21. The Hall–Kier alpha value is -2.55. The Morgan fingerprint density at radius 3 is 2.86 bits per heavy atom. The lowest BCUT2D eigenvalue weighted by molar-refractivity contribution is -0.141. The van der Waals surface area contributed by atoms with Crippen LogP contribution >= 0.6 is 0 Å². The van der Waals surface area contributed by atoms with E-state index in [9.17, 15) is 14.7 Å². The quantitative estimate of drug-likeness (QED) is 0.734. The SMILES string of the molecule is Cc1c(C(=O)N2CC(O)CC2C(=O)O)cnc2ncnn12. The number of carboxylic acids is 1. The van der Waals surface area contributed by atoms with Crippen LogP contribution in [0.15, 0.2) is 12.5 Å². The first-order valence-electron chi connectivity index (χ1n) is 6.36. The van der Waals surface area contributed by atoms with Gasteiger partial charge in [0.2, 0.25) is 0 Å². The fourth-order valence-corrected chi connectivity index (χ4v) is 2.53. The molecule has 0 aliphatic carbocycles. The van der Waals surface area contributed by atoms with Gasteiger partial charge in [-0.25, -0.2) is 14.3 Å². The van der Waals surface area contributed by atoms with E-state index in [1.165, 1.54) is 17.0 Å². The first-order valence-corrected chi connectivity index (χ1v) is 6.36. The minimum absolute atomic E-state index is 0.00929. The molecular weight excluding hydrogens is 278 g/mol. The average molecular weight is 291 g/mol. The summed E-state index contributed by atoms with van der Waals surface area (Å²) >= 11 is 0. The van der Waals surface area contributed by atoms with Crippen LogP contribution in [-0.4, -0.2) is 65.3 Å². The van der Waals surface area contributed by atoms with Gasteiger partial charge in [-0.15, -0.1) is 0 Å². The molecule has 0 bridgehead atoms. The molecule has 1 aliphatic rings. The highest BCUT2D eigenvalue weighted by atomic mass is 16.4. The van der Waals surface area contributed by atoms with Gasteiger partial charge in [0, 0.05) is 19.2 Å². The van der Waals surface area contributed by atoms with Crippen molar-refractivity contribution in [1.82, 2.24) is 24.5 Å². The van der Waals surface area contributed by atoms with E-state index in [2.05, 4.69) is 15.1 Å². The third-order valence-electron chi connectivity index (χ3n) is 3.60. The van der Waals surface area contributed by atoms with Crippen molar-refractivity contribution in [2.24, 2.45) is 0 Å². The molecule has 1 aliphatic heterocycles. The Morgan fingerprint density at radius 2 is 2.14 bits per heavy atom. The molecule has 21 heavy (non-hydrogen) atoms. The summed E-state index contributed by atoms with van der Waals surface area (Å²) in [5, 5.41) is 22.7. The largest absolute Gasteiger partial charge is 0.480 e. The molecule has 2 unspecified atom stereocenters. The number of hydrogen-bond acceptors (Lipinski definition) is 6. The summed E-state index contributed by atoms with van der Waals surface area (Å²) in [4.78, 5) is 32.8. The number of nitrogens with zero attached hydrogens (tertiary/aromatic N) is 5. The number of aryl methyl sites for hydroxylation is 1. The van der Waals surface area contributed by atoms with Gasteiger partial charge < -0.3 is 15.1 Å². The number of aliphatic hydroxyl groups excluding tert-OH is 1. The molecule has 2 atom stereocenters. The van der Waals surface area contributed by atoms with Crippen LogP contribution in [0.25, 0.3) is 5.78 Å². The average Bonchev–Trinajstić information content (AvgIpc) is 3.05. The lowest BCUT2D eigenvalue weighted by atomic mass is 10.1. The number of likely N-dealkylation sites (tertiary alicyclic amines) is 1. The number of carbonyl (C=O) groups is 2. The number of β-amino-alcohol motifs (C(OH)–C–C–N with tert-alkyl or cyclic N) is 1. The van der Waals surface area contributed by atoms with Gasteiger partial charge in [-0.2, -0.15) is 10.1 Å². The van der Waals surface area contributed by atoms with Crippen LogP contribution < -0.4 is 0 Å². The fraction of sp³-hybridized carbons (Fsp3) is 0.417. The van der Waals surface area contributed by atoms with Gasteiger partial charge in [0.25, 0.3) is 11.7 Å². The summed E-state index contributed by atoms with van der Waals surface area (Å²) < 4.78 is 1.41. The summed E-state index contributed by atoms with van der Waals surface area (Å²) in [6.07, 6.45) is 1.87. The van der Waals surface area contributed by atoms with Crippen LogP contribution in [0.3, 0.4) is 0 Å². The van der Waals surface area contributed by atoms with Crippen molar-refractivity contribution in [3.8, 4) is 0 Å². The molecule has 2 N–H and O–H groups in total. The van der Waals surface area contributed by atoms with Crippen molar-refractivity contribution in [2.75, 3.05) is 6.54 Å². The molecular formula is C12H13N5O4. The number of aliphatic carboxylic acids is 1. The summed E-state index contributed by atoms with van der Waals surface area (Å²) in [6.45, 7) is 1.67. The van der Waals surface area contributed by atoms with Crippen molar-refractivity contribution < 1.29 is 19.8 Å². The Labute approximate surface area is 118 Å². The zero-order valence-electron chi connectivity index (χ0n) is 11.2. The molecule has 1 saturated heterocycles. The fourth-order valence-electron chi connectivity index (χ4n) is 2.53. The molecule has 110 valence electrons. The van der Waals surface area contributed by atoms with Crippen LogP contribution in [0.2, 0.25) is 0 Å². The van der Waals surface area contributed by atoms with E-state index >= 15 is 0 Å². The van der Waals surface area contributed by atoms with Gasteiger partial charge >= 0.3 is 5.97 Å². The third kappa shape index (κ3) is 2.11. The second kappa shape index (κ2) is 4.77. The topological polar surface area (TPSA) is 121 Å². The molecule has 0 radical (unpaired) electrons. The van der Waals surface area contributed by atoms with E-state index < -0.39 is 24.0 Å². The van der Waals surface area contributed by atoms with Crippen LogP contribution in [0.5, 0.6) is 0 Å². The predicted molar refractivity (Wildman–Crippen MR) is 68.6 cm³/mol. The maximum Gasteiger partial charge on any atom is 0.326 e. The van der Waals surface area contributed by atoms with Gasteiger partial charge in [0.1, 0.15) is 12.4 Å². The number of fused-ring (bicyclic) bond motifs is 1. The summed E-state index contributed by atoms with van der Waals surface area (Å²) in [5.41, 5.74) is 0.765. The monoisotopic (exact) mass is 291 g/mol. The second-order valence-corrected chi connectivity index (χ2v) is 4.93. The molecule has 1 amide bonds. The maximum atomic E-state index is 12.5. The number of aliphatic hydroxyl groups is 1. The first-order chi connectivity index (χ1) is 9.99. The smallest absolute Gasteiger partial charge is 0.326 e. The summed E-state index contributed by atoms with van der Waals surface area (Å²) in [5.74, 6) is -1.26. The number of carboxylic acid groups (broad SMARTS) is 1. The van der Waals surface area contributed by atoms with E-state index in [1.54, 1.807) is 6.92 Å². The maximum absolute atomic E-state index is 12.5. The van der Waals surface area contributed by atoms with Crippen LogP contribution in [0.1, 0.15) is 22.5 Å². The Morgan fingerprint density at radius 1 is 1.38 bits per heavy atom. The predicted octanol–water partition coefficient (Wildman–Crippen LogP) is -0.907. The van der Waals surface area contributed by atoms with Crippen molar-refractivity contribution >= 4 is 17.7 Å². The standard InChI is InChI=1S/C12H13N5O4/c1-6-8(3-13-12-14-5-15-17(6)12)10(19)16-4-7(18)2-9(16)11(20)21/h3,5,7,9,18H,2,4H2,1H3,(H,20,21). The van der Waals surface area contributed by atoms with Gasteiger partial charge in [-0.05, 0) is 6.92 Å². The lowest BCUT2D eigenvalue weighted by Crippen LogP contribution is -2.41. The number of amides is 1. The van der Waals surface area contributed by atoms with Crippen LogP contribution in [0.4, 0.5) is 0 Å². The molecule has 0 saturated carbocycles. The normalized spacial score (nSPS) is 21.9. The van der Waals surface area contributed by atoms with Crippen molar-refractivity contribution in [3.63, 3.8) is 0 Å². The highest BCUT2D eigenvalue weighted by Gasteiger charge is 2.39. The number of carbonyl (C=O) groups excluding carboxylic acids is 1. The zero-order chi connectivity index (χ0) is 15.1.